The Kier molecular flexibility index (Phi) is 4.90. The van der Waals surface area contributed by atoms with Gasteiger partial charge in [0.1, 0.15) is 0 Å². The minimum absolute atomic E-state index is 0.479. The molecule has 4 N–H and O–H groups in total. The van der Waals surface area contributed by atoms with Crippen molar-refractivity contribution >= 4 is 0 Å². The zero-order chi connectivity index (χ0) is 16.2. The van der Waals surface area contributed by atoms with Gasteiger partial charge in [0.25, 0.3) is 0 Å². The van der Waals surface area contributed by atoms with Crippen LogP contribution in [0, 0.1) is 0 Å². The van der Waals surface area contributed by atoms with Crippen molar-refractivity contribution in [3.63, 3.8) is 0 Å². The van der Waals surface area contributed by atoms with Crippen molar-refractivity contribution in [1.29, 1.82) is 0 Å². The zero-order valence-corrected chi connectivity index (χ0v) is 13.9. The molecule has 0 aromatic heterocycles. The molecule has 0 amide bonds. The lowest BCUT2D eigenvalue weighted by molar-refractivity contribution is 0.414. The van der Waals surface area contributed by atoms with Crippen LogP contribution in [0.3, 0.4) is 0 Å². The third-order valence-corrected chi connectivity index (χ3v) is 5.16. The first-order valence-electron chi connectivity index (χ1n) is 8.97. The number of nitrogens with one attached hydrogen (secondary N) is 4. The number of hydrazine groups is 2. The average molecular weight is 322 g/mol. The molecule has 0 bridgehead atoms. The second-order valence-electron chi connectivity index (χ2n) is 7.04. The highest BCUT2D eigenvalue weighted by Gasteiger charge is 2.35. The summed E-state index contributed by atoms with van der Waals surface area (Å²) in [7, 11) is 0. The van der Waals surface area contributed by atoms with E-state index in [2.05, 4.69) is 82.4 Å². The molecular formula is C20H26N4. The Hall–Kier alpha value is -1.72. The Morgan fingerprint density at radius 1 is 0.583 bits per heavy atom. The summed E-state index contributed by atoms with van der Waals surface area (Å²) in [5, 5.41) is 0. The summed E-state index contributed by atoms with van der Waals surface area (Å²) in [5.41, 5.74) is 16.8. The molecule has 0 saturated carbocycles. The first-order chi connectivity index (χ1) is 11.9. The molecule has 2 saturated heterocycles. The molecule has 0 aliphatic carbocycles. The van der Waals surface area contributed by atoms with E-state index < -0.39 is 0 Å². The maximum Gasteiger partial charge on any atom is 0.0396 e. The lowest BCUT2D eigenvalue weighted by Gasteiger charge is -2.17. The second-order valence-corrected chi connectivity index (χ2v) is 7.04. The normalized spacial score (nSPS) is 29.8. The molecule has 2 aliphatic rings. The van der Waals surface area contributed by atoms with Crippen LogP contribution in [0.1, 0.15) is 24.0 Å². The van der Waals surface area contributed by atoms with Crippen molar-refractivity contribution in [1.82, 2.24) is 21.7 Å². The first kappa shape index (κ1) is 15.8. The van der Waals surface area contributed by atoms with Crippen LogP contribution in [0.25, 0.3) is 0 Å². The van der Waals surface area contributed by atoms with Crippen LogP contribution < -0.4 is 21.7 Å². The second kappa shape index (κ2) is 7.45. The number of hydrogen-bond donors (Lipinski definition) is 4. The van der Waals surface area contributed by atoms with Gasteiger partial charge in [-0.3, -0.25) is 21.7 Å². The lowest BCUT2D eigenvalue weighted by Crippen LogP contribution is -2.46. The molecule has 4 atom stereocenters. The minimum Gasteiger partial charge on any atom is -0.254 e. The molecule has 2 fully saturated rings. The van der Waals surface area contributed by atoms with Crippen molar-refractivity contribution in [3.05, 3.63) is 71.8 Å². The summed E-state index contributed by atoms with van der Waals surface area (Å²) >= 11 is 0. The maximum atomic E-state index is 3.50. The predicted octanol–water partition coefficient (Wildman–Crippen LogP) is 1.94. The molecule has 2 aliphatic heterocycles. The van der Waals surface area contributed by atoms with E-state index in [0.717, 1.165) is 25.7 Å². The van der Waals surface area contributed by atoms with Gasteiger partial charge in [-0.2, -0.15) is 0 Å². The molecule has 2 aromatic carbocycles. The first-order valence-corrected chi connectivity index (χ1v) is 8.97. The van der Waals surface area contributed by atoms with E-state index in [1.165, 1.54) is 11.1 Å². The molecule has 0 radical (unpaired) electrons. The molecular weight excluding hydrogens is 296 g/mol. The molecule has 4 heteroatoms. The van der Waals surface area contributed by atoms with Gasteiger partial charge >= 0.3 is 0 Å². The third kappa shape index (κ3) is 3.84. The largest absolute Gasteiger partial charge is 0.254 e. The molecule has 2 aromatic rings. The van der Waals surface area contributed by atoms with Crippen LogP contribution in [0.5, 0.6) is 0 Å². The molecule has 2 heterocycles. The lowest BCUT2D eigenvalue weighted by atomic mass is 9.94. The summed E-state index contributed by atoms with van der Waals surface area (Å²) in [6, 6.07) is 23.4. The third-order valence-electron chi connectivity index (χ3n) is 5.16. The molecule has 126 valence electrons. The van der Waals surface area contributed by atoms with Crippen LogP contribution in [-0.2, 0) is 12.8 Å². The van der Waals surface area contributed by atoms with Crippen LogP contribution in [0.4, 0.5) is 0 Å². The van der Waals surface area contributed by atoms with E-state index in [1.807, 2.05) is 0 Å². The van der Waals surface area contributed by atoms with Crippen molar-refractivity contribution in [2.45, 2.75) is 49.9 Å². The summed E-state index contributed by atoms with van der Waals surface area (Å²) in [6.07, 6.45) is 4.48. The highest BCUT2D eigenvalue weighted by atomic mass is 15.5. The smallest absolute Gasteiger partial charge is 0.0396 e. The SMILES string of the molecule is c1ccc(CC2CC(C3CC(Cc4ccccc4)NN3)NN2)cc1. The van der Waals surface area contributed by atoms with Crippen molar-refractivity contribution in [3.8, 4) is 0 Å². The minimum atomic E-state index is 0.479. The van der Waals surface area contributed by atoms with Gasteiger partial charge in [-0.05, 0) is 36.8 Å². The standard InChI is InChI=1S/C20H26N4/c1-3-7-15(8-4-1)11-17-13-19(23-21-17)20-14-18(22-24-20)12-16-9-5-2-6-10-16/h1-10,17-24H,11-14H2. The zero-order valence-electron chi connectivity index (χ0n) is 13.9. The van der Waals surface area contributed by atoms with Gasteiger partial charge in [0.2, 0.25) is 0 Å². The van der Waals surface area contributed by atoms with Crippen LogP contribution in [-0.4, -0.2) is 24.2 Å². The average Bonchev–Trinajstić information content (AvgIpc) is 3.26. The van der Waals surface area contributed by atoms with Gasteiger partial charge in [-0.25, -0.2) is 0 Å². The summed E-state index contributed by atoms with van der Waals surface area (Å²) in [6.45, 7) is 0. The highest BCUT2D eigenvalue weighted by molar-refractivity contribution is 5.18. The van der Waals surface area contributed by atoms with Gasteiger partial charge in [0.15, 0.2) is 0 Å². The van der Waals surface area contributed by atoms with Crippen molar-refractivity contribution in [2.75, 3.05) is 0 Å². The summed E-state index contributed by atoms with van der Waals surface area (Å²) < 4.78 is 0. The fourth-order valence-electron chi connectivity index (χ4n) is 3.89. The Balaban J connectivity index is 1.27. The molecule has 0 spiro atoms. The quantitative estimate of drug-likeness (QED) is 0.679. The van der Waals surface area contributed by atoms with Crippen LogP contribution >= 0.6 is 0 Å². The fourth-order valence-corrected chi connectivity index (χ4v) is 3.89. The monoisotopic (exact) mass is 322 g/mol. The van der Waals surface area contributed by atoms with Crippen molar-refractivity contribution in [2.24, 2.45) is 0 Å². The summed E-state index contributed by atoms with van der Waals surface area (Å²) in [5.74, 6) is 0. The van der Waals surface area contributed by atoms with Crippen LogP contribution in [0.15, 0.2) is 60.7 Å². The van der Waals surface area contributed by atoms with E-state index >= 15 is 0 Å². The van der Waals surface area contributed by atoms with E-state index in [-0.39, 0.29) is 0 Å². The maximum absolute atomic E-state index is 3.50. The fraction of sp³-hybridized carbons (Fsp3) is 0.400. The van der Waals surface area contributed by atoms with Gasteiger partial charge in [-0.1, -0.05) is 60.7 Å². The Morgan fingerprint density at radius 3 is 1.42 bits per heavy atom. The van der Waals surface area contributed by atoms with Gasteiger partial charge in [-0.15, -0.1) is 0 Å². The van der Waals surface area contributed by atoms with E-state index in [4.69, 9.17) is 0 Å². The number of hydrogen-bond acceptors (Lipinski definition) is 4. The van der Waals surface area contributed by atoms with E-state index in [9.17, 15) is 0 Å². The van der Waals surface area contributed by atoms with Gasteiger partial charge in [0.05, 0.1) is 0 Å². The molecule has 24 heavy (non-hydrogen) atoms. The van der Waals surface area contributed by atoms with Gasteiger partial charge in [0, 0.05) is 24.2 Å². The molecule has 4 nitrogen and oxygen atoms in total. The number of rotatable bonds is 5. The Bertz CT molecular complexity index is 573. The van der Waals surface area contributed by atoms with Crippen molar-refractivity contribution < 1.29 is 0 Å². The predicted molar refractivity (Wildman–Crippen MR) is 97.2 cm³/mol. The molecule has 4 unspecified atom stereocenters. The Morgan fingerprint density at radius 2 is 1.00 bits per heavy atom. The summed E-state index contributed by atoms with van der Waals surface area (Å²) in [4.78, 5) is 0. The van der Waals surface area contributed by atoms with E-state index in [0.29, 0.717) is 24.2 Å². The number of benzene rings is 2. The Labute approximate surface area is 144 Å². The van der Waals surface area contributed by atoms with Gasteiger partial charge < -0.3 is 0 Å². The topological polar surface area (TPSA) is 48.1 Å². The molecule has 4 rings (SSSR count). The highest BCUT2D eigenvalue weighted by Crippen LogP contribution is 2.20. The van der Waals surface area contributed by atoms with Crippen LogP contribution in [0.2, 0.25) is 0 Å². The van der Waals surface area contributed by atoms with E-state index in [1.54, 1.807) is 0 Å².